The van der Waals surface area contributed by atoms with Crippen LogP contribution in [-0.2, 0) is 32.7 Å². The van der Waals surface area contributed by atoms with E-state index in [2.05, 4.69) is 59.2 Å². The summed E-state index contributed by atoms with van der Waals surface area (Å²) in [5.74, 6) is 0. The van der Waals surface area contributed by atoms with Gasteiger partial charge >= 0.3 is 0 Å². The number of rotatable bonds is 2. The maximum absolute atomic E-state index is 4.11. The monoisotopic (exact) mass is 411 g/mol. The maximum atomic E-state index is 4.11. The number of hydrogen-bond acceptors (Lipinski definition) is 1. The second-order valence-electron chi connectivity index (χ2n) is 3.54. The maximum Gasteiger partial charge on any atom is 0.0169 e. The van der Waals surface area contributed by atoms with Gasteiger partial charge in [0.2, 0.25) is 0 Å². The third-order valence-corrected chi connectivity index (χ3v) is 3.50. The number of benzene rings is 1. The Kier molecular flexibility index (Phi) is 6.11. The average molecular weight is 411 g/mol. The minimum Gasteiger partial charge on any atom is -0.375 e. The average Bonchev–Trinajstić information content (AvgIpc) is 2.33. The molecule has 0 bridgehead atoms. The van der Waals surface area contributed by atoms with E-state index in [1.807, 2.05) is 24.3 Å². The molecule has 1 aromatic carbocycles. The van der Waals surface area contributed by atoms with Crippen LogP contribution in [0.25, 0.3) is 5.70 Å². The second-order valence-corrected chi connectivity index (χ2v) is 4.70. The van der Waals surface area contributed by atoms with Crippen LogP contribution in [0.3, 0.4) is 0 Å². The predicted octanol–water partition coefficient (Wildman–Crippen LogP) is 4.00. The van der Waals surface area contributed by atoms with Crippen molar-refractivity contribution in [2.24, 2.45) is 0 Å². The van der Waals surface area contributed by atoms with E-state index in [1.165, 1.54) is 5.56 Å². The van der Waals surface area contributed by atoms with Crippen molar-refractivity contribution < 1.29 is 32.7 Å². The van der Waals surface area contributed by atoms with Gasteiger partial charge in [0, 0.05) is 39.3 Å². The molecule has 0 aromatic heterocycles. The molecule has 0 aliphatic carbocycles. The second kappa shape index (κ2) is 6.86. The van der Waals surface area contributed by atoms with Gasteiger partial charge in [0.25, 0.3) is 0 Å². The zero-order valence-electron chi connectivity index (χ0n) is 9.78. The molecular weight excluding hydrogens is 398 g/mol. The van der Waals surface area contributed by atoms with Crippen molar-refractivity contribution in [1.29, 1.82) is 0 Å². The van der Waals surface area contributed by atoms with Crippen LogP contribution in [0.15, 0.2) is 52.3 Å². The molecule has 0 spiro atoms. The first kappa shape index (κ1) is 15.1. The summed E-state index contributed by atoms with van der Waals surface area (Å²) in [5.41, 5.74) is 3.35. The molecule has 17 heavy (non-hydrogen) atoms. The van der Waals surface area contributed by atoms with Crippen LogP contribution >= 0.6 is 22.6 Å². The molecule has 0 fully saturated rings. The summed E-state index contributed by atoms with van der Waals surface area (Å²) in [6.45, 7) is 7.16. The van der Waals surface area contributed by atoms with Crippen molar-refractivity contribution in [3.63, 3.8) is 0 Å². The summed E-state index contributed by atoms with van der Waals surface area (Å²) in [5, 5.41) is 0. The normalized spacial score (nSPS) is 14.9. The van der Waals surface area contributed by atoms with Gasteiger partial charge in [0.15, 0.2) is 0 Å². The van der Waals surface area contributed by atoms with E-state index < -0.39 is 0 Å². The standard InChI is InChI=1S/C14H13IN.Y/c1-3-16-11(2)13(15)9-10-14(16)12-7-5-4-6-8-12;/h4-9H,2-3H2,1H3;/q-1;. The molecule has 0 atom stereocenters. The van der Waals surface area contributed by atoms with Crippen molar-refractivity contribution in [3.8, 4) is 0 Å². The van der Waals surface area contributed by atoms with Crippen LogP contribution in [-0.4, -0.2) is 11.4 Å². The smallest absolute Gasteiger partial charge is 0.0169 e. The predicted molar refractivity (Wildman–Crippen MR) is 76.7 cm³/mol. The Balaban J connectivity index is 0.00000144. The fraction of sp³-hybridized carbons (Fsp3) is 0.143. The molecule has 1 aliphatic rings. The first-order chi connectivity index (χ1) is 7.74. The quantitative estimate of drug-likeness (QED) is 0.526. The number of likely N-dealkylation sites (N-methyl/N-ethyl adjacent to an activating group) is 1. The zero-order chi connectivity index (χ0) is 11.5. The summed E-state index contributed by atoms with van der Waals surface area (Å²) in [7, 11) is 0. The Labute approximate surface area is 142 Å². The number of allylic oxidation sites excluding steroid dienone is 3. The van der Waals surface area contributed by atoms with E-state index >= 15 is 0 Å². The van der Waals surface area contributed by atoms with Crippen LogP contribution in [0.5, 0.6) is 0 Å². The van der Waals surface area contributed by atoms with Gasteiger partial charge in [-0.1, -0.05) is 39.6 Å². The van der Waals surface area contributed by atoms with Crippen LogP contribution in [0, 0.1) is 6.08 Å². The van der Waals surface area contributed by atoms with Crippen LogP contribution < -0.4 is 0 Å². The summed E-state index contributed by atoms with van der Waals surface area (Å²) >= 11 is 2.29. The van der Waals surface area contributed by atoms with E-state index in [9.17, 15) is 0 Å². The molecule has 0 N–H and O–H groups in total. The van der Waals surface area contributed by atoms with E-state index in [4.69, 9.17) is 0 Å². The van der Waals surface area contributed by atoms with Crippen LogP contribution in [0.2, 0.25) is 0 Å². The third kappa shape index (κ3) is 3.30. The Morgan fingerprint density at radius 2 is 1.94 bits per heavy atom. The van der Waals surface area contributed by atoms with Crippen molar-refractivity contribution in [3.05, 3.63) is 63.9 Å². The Bertz CT molecular complexity index is 462. The summed E-state index contributed by atoms with van der Waals surface area (Å²) in [4.78, 5) is 2.19. The van der Waals surface area contributed by atoms with E-state index in [0.717, 1.165) is 21.5 Å². The number of nitrogens with zero attached hydrogens (tertiary/aromatic N) is 1. The molecule has 1 aromatic rings. The van der Waals surface area contributed by atoms with Gasteiger partial charge in [-0.05, 0) is 12.6 Å². The fourth-order valence-electron chi connectivity index (χ4n) is 1.74. The van der Waals surface area contributed by atoms with Crippen molar-refractivity contribution in [2.75, 3.05) is 6.54 Å². The molecule has 3 heteroatoms. The topological polar surface area (TPSA) is 3.24 Å². The SMILES string of the molecule is C=C1C(I)=C[C-]=C(c2ccccc2)N1CC.[Y]. The Morgan fingerprint density at radius 3 is 2.53 bits per heavy atom. The summed E-state index contributed by atoms with van der Waals surface area (Å²) in [6, 6.07) is 10.3. The van der Waals surface area contributed by atoms with Gasteiger partial charge < -0.3 is 4.90 Å². The molecule has 0 saturated heterocycles. The van der Waals surface area contributed by atoms with Gasteiger partial charge in [-0.15, -0.1) is 34.7 Å². The molecular formula is C14H13INY-. The molecule has 85 valence electrons. The molecule has 0 unspecified atom stereocenters. The Morgan fingerprint density at radius 1 is 1.29 bits per heavy atom. The largest absolute Gasteiger partial charge is 0.375 e. The van der Waals surface area contributed by atoms with Gasteiger partial charge in [-0.2, -0.15) is 12.2 Å². The summed E-state index contributed by atoms with van der Waals surface area (Å²) in [6.07, 6.45) is 5.33. The van der Waals surface area contributed by atoms with E-state index in [0.29, 0.717) is 0 Å². The number of halogens is 1. The minimum atomic E-state index is 0. The molecule has 0 amide bonds. The van der Waals surface area contributed by atoms with Gasteiger partial charge in [-0.25, -0.2) is 0 Å². The van der Waals surface area contributed by atoms with E-state index in [1.54, 1.807) is 0 Å². The van der Waals surface area contributed by atoms with Gasteiger partial charge in [0.1, 0.15) is 0 Å². The van der Waals surface area contributed by atoms with Crippen molar-refractivity contribution >= 4 is 28.3 Å². The molecule has 0 saturated carbocycles. The van der Waals surface area contributed by atoms with E-state index in [-0.39, 0.29) is 32.7 Å². The van der Waals surface area contributed by atoms with Crippen LogP contribution in [0.1, 0.15) is 12.5 Å². The third-order valence-electron chi connectivity index (χ3n) is 2.57. The van der Waals surface area contributed by atoms with Gasteiger partial charge in [-0.3, -0.25) is 0 Å². The Hall–Kier alpha value is 0.0739. The minimum absolute atomic E-state index is 0. The molecule has 1 aliphatic heterocycles. The molecule has 2 rings (SSSR count). The molecule has 1 heterocycles. The first-order valence-electron chi connectivity index (χ1n) is 5.25. The van der Waals surface area contributed by atoms with Gasteiger partial charge in [0.05, 0.1) is 0 Å². The molecule has 1 radical (unpaired) electrons. The van der Waals surface area contributed by atoms with Crippen LogP contribution in [0.4, 0.5) is 0 Å². The van der Waals surface area contributed by atoms with Crippen molar-refractivity contribution in [2.45, 2.75) is 6.92 Å². The fourth-order valence-corrected chi connectivity index (χ4v) is 2.19. The van der Waals surface area contributed by atoms with Crippen molar-refractivity contribution in [1.82, 2.24) is 4.90 Å². The zero-order valence-corrected chi connectivity index (χ0v) is 14.8. The first-order valence-corrected chi connectivity index (χ1v) is 6.33. The molecule has 1 nitrogen and oxygen atoms in total. The summed E-state index contributed by atoms with van der Waals surface area (Å²) < 4.78 is 1.15. The number of hydrogen-bond donors (Lipinski definition) is 0.